The minimum Gasteiger partial charge on any atom is -0.449 e. The molecule has 2 aromatic rings. The number of isocyanates is 1. The van der Waals surface area contributed by atoms with E-state index in [0.29, 0.717) is 18.0 Å². The molecule has 0 saturated heterocycles. The molecule has 0 aliphatic rings. The summed E-state index contributed by atoms with van der Waals surface area (Å²) in [6.45, 7) is 3.50. The summed E-state index contributed by atoms with van der Waals surface area (Å²) in [5.41, 5.74) is -10.1. The number of amides is 1. The minimum absolute atomic E-state index is 0.400. The predicted octanol–water partition coefficient (Wildman–Crippen LogP) is 5.12. The van der Waals surface area contributed by atoms with Crippen LogP contribution in [0.2, 0.25) is 0 Å². The van der Waals surface area contributed by atoms with E-state index in [2.05, 4.69) is 46.3 Å². The average molecular weight is 635 g/mol. The maximum atomic E-state index is 11.7. The number of carbonyl (C=O) groups excluding carboxylic acids is 2. The standard InChI is InChI=1S/C20H23N3O3.C2F6NO4S2/c1-17-7-6-13-23(15-17)12-4-2-3-5-14-26-20(25)22-19-10-8-18(9-11-19)21-16-24;3-1(4,5)14(10,11)9-15(12,13)2(6,7)8/h6-11,13,15H,2-5,12,14H2,1H3;/q;-1/p+1. The maximum absolute atomic E-state index is 11.7. The van der Waals surface area contributed by atoms with Gasteiger partial charge in [0.25, 0.3) is 0 Å². The van der Waals surface area contributed by atoms with Crippen molar-refractivity contribution in [2.75, 3.05) is 11.9 Å². The van der Waals surface area contributed by atoms with Crippen LogP contribution in [0, 0.1) is 6.92 Å². The Bertz CT molecular complexity index is 1370. The van der Waals surface area contributed by atoms with Gasteiger partial charge in [0.2, 0.25) is 6.08 Å². The van der Waals surface area contributed by atoms with Gasteiger partial charge >= 0.3 is 17.1 Å². The van der Waals surface area contributed by atoms with Crippen molar-refractivity contribution in [1.29, 1.82) is 0 Å². The molecule has 0 bridgehead atoms. The third kappa shape index (κ3) is 13.1. The second-order valence-corrected chi connectivity index (χ2v) is 11.4. The monoisotopic (exact) mass is 634 g/mol. The topological polar surface area (TPSA) is 154 Å². The van der Waals surface area contributed by atoms with Gasteiger partial charge in [-0.2, -0.15) is 31.3 Å². The van der Waals surface area contributed by atoms with Crippen LogP contribution in [0.3, 0.4) is 0 Å². The molecule has 0 saturated carbocycles. The number of hydrogen-bond acceptors (Lipinski definition) is 8. The van der Waals surface area contributed by atoms with E-state index < -0.39 is 37.2 Å². The number of benzene rings is 1. The lowest BCUT2D eigenvalue weighted by Crippen LogP contribution is -2.32. The molecule has 0 fully saturated rings. The van der Waals surface area contributed by atoms with Crippen molar-refractivity contribution in [3.05, 3.63) is 58.5 Å². The third-order valence-electron chi connectivity index (χ3n) is 4.62. The van der Waals surface area contributed by atoms with E-state index in [1.54, 1.807) is 24.3 Å². The lowest BCUT2D eigenvalue weighted by atomic mass is 10.2. The van der Waals surface area contributed by atoms with Crippen LogP contribution >= 0.6 is 0 Å². The zero-order chi connectivity index (χ0) is 31.3. The Hall–Kier alpha value is -3.54. The summed E-state index contributed by atoms with van der Waals surface area (Å²) < 4.78 is 117. The number of ether oxygens (including phenoxy) is 1. The van der Waals surface area contributed by atoms with E-state index in [1.165, 1.54) is 11.6 Å². The first-order valence-electron chi connectivity index (χ1n) is 11.3. The molecular formula is C22H24F6N4O7S2. The molecule has 1 heterocycles. The number of aryl methyl sites for hydroxylation is 2. The number of rotatable bonds is 11. The molecule has 0 spiro atoms. The molecule has 11 nitrogen and oxygen atoms in total. The molecule has 1 aromatic carbocycles. The Balaban J connectivity index is 0.000000479. The summed E-state index contributed by atoms with van der Waals surface area (Å²) in [5, 5.41) is 2.64. The van der Waals surface area contributed by atoms with Gasteiger partial charge in [-0.1, -0.05) is 0 Å². The van der Waals surface area contributed by atoms with Crippen molar-refractivity contribution in [1.82, 2.24) is 0 Å². The van der Waals surface area contributed by atoms with Gasteiger partial charge in [-0.05, 0) is 56.5 Å². The first-order chi connectivity index (χ1) is 18.9. The van der Waals surface area contributed by atoms with Crippen LogP contribution in [0.15, 0.2) is 53.8 Å². The van der Waals surface area contributed by atoms with E-state index in [1.807, 2.05) is 0 Å². The fourth-order valence-electron chi connectivity index (χ4n) is 2.75. The van der Waals surface area contributed by atoms with Crippen LogP contribution in [0.5, 0.6) is 0 Å². The molecule has 0 atom stereocenters. The number of pyridine rings is 1. The quantitative estimate of drug-likeness (QED) is 0.118. The van der Waals surface area contributed by atoms with Crippen LogP contribution in [0.1, 0.15) is 31.2 Å². The number of anilines is 1. The number of hydrogen-bond donors (Lipinski definition) is 1. The largest absolute Gasteiger partial charge is 0.480 e. The van der Waals surface area contributed by atoms with E-state index in [0.717, 1.165) is 36.4 Å². The number of aliphatic imine (C=N–C) groups is 1. The number of halogens is 6. The third-order valence-corrected chi connectivity index (χ3v) is 7.36. The Labute approximate surface area is 231 Å². The summed E-state index contributed by atoms with van der Waals surface area (Å²) in [4.78, 5) is 25.3. The zero-order valence-corrected chi connectivity index (χ0v) is 22.8. The molecule has 19 heteroatoms. The highest BCUT2D eigenvalue weighted by Crippen LogP contribution is 2.36. The summed E-state index contributed by atoms with van der Waals surface area (Å²) in [6.07, 6.45) is 9.29. The Morgan fingerprint density at radius 1 is 0.951 bits per heavy atom. The van der Waals surface area contributed by atoms with Gasteiger partial charge in [0.1, 0.15) is 6.54 Å². The molecule has 0 unspecified atom stereocenters. The molecule has 41 heavy (non-hydrogen) atoms. The van der Waals surface area contributed by atoms with Crippen molar-refractivity contribution in [3.63, 3.8) is 0 Å². The second kappa shape index (κ2) is 15.5. The van der Waals surface area contributed by atoms with Gasteiger partial charge in [0, 0.05) is 23.7 Å². The van der Waals surface area contributed by atoms with Gasteiger partial charge in [0.15, 0.2) is 32.4 Å². The lowest BCUT2D eigenvalue weighted by molar-refractivity contribution is -0.697. The van der Waals surface area contributed by atoms with Crippen LogP contribution in [0.4, 0.5) is 42.5 Å². The van der Waals surface area contributed by atoms with E-state index >= 15 is 0 Å². The average Bonchev–Trinajstić information content (AvgIpc) is 2.83. The minimum atomic E-state index is -6.72. The highest BCUT2D eigenvalue weighted by molar-refractivity contribution is 8.13. The lowest BCUT2D eigenvalue weighted by Gasteiger charge is -2.22. The van der Waals surface area contributed by atoms with Crippen LogP contribution in [-0.4, -0.2) is 46.6 Å². The molecule has 0 radical (unpaired) electrons. The highest BCUT2D eigenvalue weighted by Gasteiger charge is 2.46. The van der Waals surface area contributed by atoms with Gasteiger partial charge in [-0.15, -0.1) is 0 Å². The number of sulfonamides is 2. The highest BCUT2D eigenvalue weighted by atomic mass is 32.3. The first-order valence-corrected chi connectivity index (χ1v) is 14.2. The van der Waals surface area contributed by atoms with Crippen molar-refractivity contribution in [2.45, 2.75) is 50.2 Å². The summed E-state index contributed by atoms with van der Waals surface area (Å²) >= 11 is 0. The van der Waals surface area contributed by atoms with Crippen LogP contribution < -0.4 is 9.88 Å². The normalized spacial score (nSPS) is 12.0. The molecule has 0 aliphatic carbocycles. The van der Waals surface area contributed by atoms with Gasteiger partial charge < -0.3 is 8.86 Å². The molecule has 228 valence electrons. The smallest absolute Gasteiger partial charge is 0.449 e. The summed E-state index contributed by atoms with van der Waals surface area (Å²) in [7, 11) is -13.4. The van der Waals surface area contributed by atoms with E-state index in [4.69, 9.17) is 4.74 Å². The number of nitrogens with zero attached hydrogens (tertiary/aromatic N) is 3. The molecule has 1 N–H and O–H groups in total. The fraction of sp³-hybridized carbons (Fsp3) is 0.409. The molecule has 2 rings (SSSR count). The van der Waals surface area contributed by atoms with Gasteiger partial charge in [-0.25, -0.2) is 31.0 Å². The molecule has 1 amide bonds. The van der Waals surface area contributed by atoms with Crippen molar-refractivity contribution < 1.29 is 62.1 Å². The van der Waals surface area contributed by atoms with Crippen molar-refractivity contribution in [2.24, 2.45) is 4.99 Å². The van der Waals surface area contributed by atoms with Gasteiger partial charge in [0.05, 0.1) is 12.3 Å². The Morgan fingerprint density at radius 3 is 2.02 bits per heavy atom. The number of unbranched alkanes of at least 4 members (excludes halogenated alkanes) is 3. The van der Waals surface area contributed by atoms with Crippen LogP contribution in [-0.2, 0) is 36.1 Å². The predicted molar refractivity (Wildman–Crippen MR) is 132 cm³/mol. The number of nitrogens with one attached hydrogen (secondary N) is 1. The zero-order valence-electron chi connectivity index (χ0n) is 21.1. The number of carbonyl (C=O) groups is 1. The molecule has 1 aromatic heterocycles. The Kier molecular flexibility index (Phi) is 13.4. The molecule has 0 aliphatic heterocycles. The summed E-state index contributed by atoms with van der Waals surface area (Å²) in [6, 6.07) is 10.7. The summed E-state index contributed by atoms with van der Waals surface area (Å²) in [5.74, 6) is 0. The first kappa shape index (κ1) is 35.5. The van der Waals surface area contributed by atoms with E-state index in [-0.39, 0.29) is 0 Å². The molecular weight excluding hydrogens is 610 g/mol. The van der Waals surface area contributed by atoms with Crippen LogP contribution in [0.25, 0.3) is 4.13 Å². The number of alkyl halides is 6. The Morgan fingerprint density at radius 2 is 1.51 bits per heavy atom. The van der Waals surface area contributed by atoms with Crippen molar-refractivity contribution >= 4 is 43.6 Å². The van der Waals surface area contributed by atoms with Crippen molar-refractivity contribution in [3.8, 4) is 0 Å². The SMILES string of the molecule is Cc1ccc[n+](CCCCCCOC(=O)Nc2ccc(N=C=O)cc2)c1.O=S(=O)([N-]S(=O)(=O)C(F)(F)F)C(F)(F)F. The second-order valence-electron chi connectivity index (χ2n) is 7.96. The maximum Gasteiger partial charge on any atom is 0.480 e. The fourth-order valence-corrected chi connectivity index (χ4v) is 4.46. The number of aromatic nitrogens is 1. The van der Waals surface area contributed by atoms with E-state index in [9.17, 15) is 52.8 Å². The van der Waals surface area contributed by atoms with Gasteiger partial charge in [-0.3, -0.25) is 5.32 Å².